The quantitative estimate of drug-likeness (QED) is 0.310. The van der Waals surface area contributed by atoms with Gasteiger partial charge in [-0.3, -0.25) is 19.3 Å². The molecule has 0 aliphatic heterocycles. The number of carbonyl (C=O) groups excluding carboxylic acids is 3. The number of aliphatic hydroxyl groups excluding tert-OH is 2. The number of fused-ring (bicyclic) bond motifs is 3. The minimum atomic E-state index is -2.64. The summed E-state index contributed by atoms with van der Waals surface area (Å²) in [7, 11) is 3.14. The normalized spacial score (nSPS) is 27.6. The number of Topliss-reactive ketones (excluding diaryl/α,β-unsaturated/α-hetero) is 2. The monoisotopic (exact) mass is 525 g/mol. The van der Waals surface area contributed by atoms with Crippen LogP contribution in [0.4, 0.5) is 0 Å². The maximum Gasteiger partial charge on any atom is 0.255 e. The second-order valence-corrected chi connectivity index (χ2v) is 11.5. The van der Waals surface area contributed by atoms with Crippen LogP contribution in [0.25, 0.3) is 11.8 Å². The molecule has 1 saturated carbocycles. The summed E-state index contributed by atoms with van der Waals surface area (Å²) in [6.45, 7) is 6.73. The van der Waals surface area contributed by atoms with Crippen LogP contribution >= 0.6 is 0 Å². The molecular weight excluding hydrogens is 490 g/mol. The Balaban J connectivity index is 1.85. The number of aliphatic hydroxyl groups is 3. The Morgan fingerprint density at radius 3 is 2.45 bits per heavy atom. The topological polar surface area (TPSA) is 173 Å². The van der Waals surface area contributed by atoms with E-state index in [0.29, 0.717) is 12.1 Å². The van der Waals surface area contributed by atoms with Crippen LogP contribution in [0.5, 0.6) is 5.75 Å². The van der Waals surface area contributed by atoms with E-state index in [2.05, 4.69) is 5.32 Å². The lowest BCUT2D eigenvalue weighted by Gasteiger charge is -2.50. The van der Waals surface area contributed by atoms with Crippen molar-refractivity contribution in [3.05, 3.63) is 51.8 Å². The molecule has 38 heavy (non-hydrogen) atoms. The van der Waals surface area contributed by atoms with E-state index in [4.69, 9.17) is 5.73 Å². The molecule has 0 radical (unpaired) electrons. The van der Waals surface area contributed by atoms with Crippen LogP contribution in [-0.2, 0) is 20.8 Å². The van der Waals surface area contributed by atoms with E-state index in [1.807, 2.05) is 32.9 Å². The standard InChI is InChI=1S/C28H35N3O7/c1-27(2,3)30-10-6-7-13-8-9-17(32)19-15(13)11-14-12-16-21(31(4)5)23(34)20(26(29)37)25(36)28(16,38)24(35)18(14)22(19)33/h6-9,14,16,21,30,32-33,36,38H,10-12H2,1-5H3,(H2,29,37)/b7-6+/t14-,16-,21-,28-/m0/s1. The van der Waals surface area contributed by atoms with Gasteiger partial charge in [-0.05, 0) is 70.8 Å². The van der Waals surface area contributed by atoms with E-state index in [9.17, 15) is 34.8 Å². The molecule has 4 atom stereocenters. The Morgan fingerprint density at radius 1 is 1.21 bits per heavy atom. The molecule has 4 rings (SSSR count). The summed E-state index contributed by atoms with van der Waals surface area (Å²) in [5, 5.41) is 47.8. The molecule has 10 nitrogen and oxygen atoms in total. The molecule has 0 saturated heterocycles. The third-order valence-electron chi connectivity index (χ3n) is 7.69. The van der Waals surface area contributed by atoms with Crippen LogP contribution in [-0.4, -0.2) is 80.6 Å². The average Bonchev–Trinajstić information content (AvgIpc) is 2.79. The molecule has 1 aromatic carbocycles. The summed E-state index contributed by atoms with van der Waals surface area (Å²) >= 11 is 0. The van der Waals surface area contributed by atoms with Gasteiger partial charge in [0.15, 0.2) is 11.4 Å². The summed E-state index contributed by atoms with van der Waals surface area (Å²) < 4.78 is 0. The van der Waals surface area contributed by atoms with E-state index >= 15 is 0 Å². The molecule has 3 aliphatic rings. The largest absolute Gasteiger partial charge is 0.508 e. The number of rotatable bonds is 5. The van der Waals surface area contributed by atoms with E-state index in [1.54, 1.807) is 20.2 Å². The van der Waals surface area contributed by atoms with Gasteiger partial charge in [0, 0.05) is 23.6 Å². The van der Waals surface area contributed by atoms with Gasteiger partial charge in [-0.2, -0.15) is 0 Å². The fraction of sp³-hybridized carbons (Fsp3) is 0.464. The number of primary amides is 1. The fourth-order valence-corrected chi connectivity index (χ4v) is 5.98. The van der Waals surface area contributed by atoms with Crippen molar-refractivity contribution in [2.24, 2.45) is 17.6 Å². The van der Waals surface area contributed by atoms with Crippen LogP contribution < -0.4 is 11.1 Å². The van der Waals surface area contributed by atoms with Crippen molar-refractivity contribution in [1.82, 2.24) is 10.2 Å². The van der Waals surface area contributed by atoms with Crippen molar-refractivity contribution in [3.63, 3.8) is 0 Å². The zero-order valence-electron chi connectivity index (χ0n) is 22.2. The fourth-order valence-electron chi connectivity index (χ4n) is 5.98. The molecule has 7 N–H and O–H groups in total. The molecule has 0 aromatic heterocycles. The van der Waals surface area contributed by atoms with Crippen molar-refractivity contribution in [2.75, 3.05) is 20.6 Å². The second-order valence-electron chi connectivity index (χ2n) is 11.5. The lowest BCUT2D eigenvalue weighted by Crippen LogP contribution is -2.65. The highest BCUT2D eigenvalue weighted by Gasteiger charge is 2.64. The van der Waals surface area contributed by atoms with Gasteiger partial charge in [-0.15, -0.1) is 0 Å². The Kier molecular flexibility index (Phi) is 6.80. The van der Waals surface area contributed by atoms with Crippen molar-refractivity contribution >= 4 is 29.3 Å². The number of carbonyl (C=O) groups is 3. The van der Waals surface area contributed by atoms with Crippen LogP contribution in [0.1, 0.15) is 43.9 Å². The summed E-state index contributed by atoms with van der Waals surface area (Å²) in [5.74, 6) is -6.60. The first-order valence-electron chi connectivity index (χ1n) is 12.5. The summed E-state index contributed by atoms with van der Waals surface area (Å²) in [4.78, 5) is 40.6. The minimum Gasteiger partial charge on any atom is -0.508 e. The summed E-state index contributed by atoms with van der Waals surface area (Å²) in [6, 6.07) is 2.03. The number of hydrogen-bond donors (Lipinski definition) is 6. The van der Waals surface area contributed by atoms with Gasteiger partial charge in [-0.1, -0.05) is 18.2 Å². The van der Waals surface area contributed by atoms with E-state index in [0.717, 1.165) is 5.56 Å². The zero-order chi connectivity index (χ0) is 28.3. The molecule has 1 aromatic rings. The SMILES string of the molecule is CN(C)[C@@H]1C(=O)C(C(N)=O)=C(O)[C@@]2(O)C(=O)C3=C(O)c4c(O)ccc(/C=C/CNC(C)(C)C)c4C[C@H]3C[C@@H]12. The molecule has 10 heteroatoms. The predicted octanol–water partition coefficient (Wildman–Crippen LogP) is 1.37. The molecule has 0 unspecified atom stereocenters. The molecule has 1 amide bonds. The first-order chi connectivity index (χ1) is 17.6. The van der Waals surface area contributed by atoms with Gasteiger partial charge in [-0.25, -0.2) is 0 Å². The maximum atomic E-state index is 13.8. The highest BCUT2D eigenvalue weighted by atomic mass is 16.3. The van der Waals surface area contributed by atoms with E-state index in [-0.39, 0.29) is 35.3 Å². The lowest BCUT2D eigenvalue weighted by atomic mass is 9.57. The smallest absolute Gasteiger partial charge is 0.255 e. The van der Waals surface area contributed by atoms with Gasteiger partial charge < -0.3 is 31.5 Å². The molecule has 204 valence electrons. The molecule has 0 bridgehead atoms. The van der Waals surface area contributed by atoms with Gasteiger partial charge in [0.2, 0.25) is 5.78 Å². The highest BCUT2D eigenvalue weighted by Crippen LogP contribution is 2.53. The molecule has 3 aliphatic carbocycles. The van der Waals surface area contributed by atoms with Gasteiger partial charge in [0.25, 0.3) is 5.91 Å². The first-order valence-corrected chi connectivity index (χ1v) is 12.5. The van der Waals surface area contributed by atoms with Crippen molar-refractivity contribution < 1.29 is 34.8 Å². The van der Waals surface area contributed by atoms with Gasteiger partial charge in [0.05, 0.1) is 11.6 Å². The number of nitrogens with two attached hydrogens (primary N) is 1. The number of ketones is 2. The van der Waals surface area contributed by atoms with E-state index < -0.39 is 58.0 Å². The van der Waals surface area contributed by atoms with Crippen LogP contribution in [0.2, 0.25) is 0 Å². The highest BCUT2D eigenvalue weighted by molar-refractivity contribution is 6.24. The Bertz CT molecular complexity index is 1320. The number of likely N-dealkylation sites (N-methyl/N-ethyl adjacent to an activating group) is 1. The van der Waals surface area contributed by atoms with Crippen molar-refractivity contribution in [3.8, 4) is 5.75 Å². The lowest BCUT2D eigenvalue weighted by molar-refractivity contribution is -0.153. The van der Waals surface area contributed by atoms with Gasteiger partial charge >= 0.3 is 0 Å². The van der Waals surface area contributed by atoms with Crippen molar-refractivity contribution in [1.29, 1.82) is 0 Å². The molecular formula is C28H35N3O7. The average molecular weight is 526 g/mol. The number of amides is 1. The molecule has 0 spiro atoms. The Labute approximate surface area is 221 Å². The van der Waals surface area contributed by atoms with E-state index in [1.165, 1.54) is 11.0 Å². The number of phenols is 1. The maximum absolute atomic E-state index is 13.8. The summed E-state index contributed by atoms with van der Waals surface area (Å²) in [6.07, 6.45) is 4.09. The number of aromatic hydroxyl groups is 1. The van der Waals surface area contributed by atoms with Crippen LogP contribution in [0.3, 0.4) is 0 Å². The minimum absolute atomic E-state index is 0.0517. The number of nitrogens with one attached hydrogen (secondary N) is 1. The number of phenolic OH excluding ortho intramolecular Hbond substituents is 1. The van der Waals surface area contributed by atoms with Crippen LogP contribution in [0.15, 0.2) is 35.1 Å². The zero-order valence-corrected chi connectivity index (χ0v) is 22.2. The predicted molar refractivity (Wildman–Crippen MR) is 141 cm³/mol. The molecule has 0 heterocycles. The summed E-state index contributed by atoms with van der Waals surface area (Å²) in [5.41, 5.74) is 3.08. The number of benzene rings is 1. The third-order valence-corrected chi connectivity index (χ3v) is 7.69. The molecule has 1 fully saturated rings. The second kappa shape index (κ2) is 9.37. The third kappa shape index (κ3) is 4.22. The first kappa shape index (κ1) is 27.6. The van der Waals surface area contributed by atoms with Crippen LogP contribution in [0, 0.1) is 11.8 Å². The number of nitrogens with zero attached hydrogens (tertiary/aromatic N) is 1. The Hall–Kier alpha value is -3.47. The Morgan fingerprint density at radius 2 is 1.87 bits per heavy atom. The van der Waals surface area contributed by atoms with Gasteiger partial charge in [0.1, 0.15) is 22.8 Å². The van der Waals surface area contributed by atoms with Crippen molar-refractivity contribution in [2.45, 2.75) is 50.8 Å². The number of hydrogen-bond acceptors (Lipinski definition) is 9.